The average molecular weight is 322 g/mol. The number of para-hydroxylation sites is 1. The summed E-state index contributed by atoms with van der Waals surface area (Å²) in [5.41, 5.74) is -4.93. The van der Waals surface area contributed by atoms with Gasteiger partial charge >= 0.3 is 15.5 Å². The summed E-state index contributed by atoms with van der Waals surface area (Å²) in [6, 6.07) is 4.45. The summed E-state index contributed by atoms with van der Waals surface area (Å²) >= 11 is 0. The lowest BCUT2D eigenvalue weighted by molar-refractivity contribution is -0.0429. The molecular formula is C12H13F3N2O3S. The van der Waals surface area contributed by atoms with E-state index in [-0.39, 0.29) is 17.0 Å². The average Bonchev–Trinajstić information content (AvgIpc) is 2.36. The Hall–Kier alpha value is -2.03. The number of rotatable bonds is 5. The quantitative estimate of drug-likeness (QED) is 0.514. The second kappa shape index (κ2) is 6.17. The monoisotopic (exact) mass is 322 g/mol. The fourth-order valence-corrected chi connectivity index (χ4v) is 2.12. The van der Waals surface area contributed by atoms with Gasteiger partial charge in [0.15, 0.2) is 0 Å². The molecule has 1 N–H and O–H groups in total. The third-order valence-electron chi connectivity index (χ3n) is 2.47. The summed E-state index contributed by atoms with van der Waals surface area (Å²) < 4.78 is 61.4. The second-order valence-corrected chi connectivity index (χ2v) is 5.67. The van der Waals surface area contributed by atoms with E-state index < -0.39 is 15.5 Å². The zero-order valence-corrected chi connectivity index (χ0v) is 12.0. The summed E-state index contributed by atoms with van der Waals surface area (Å²) in [6.45, 7) is 6.20. The number of nitrogens with one attached hydrogen (secondary N) is 1. The topological polar surface area (TPSA) is 67.8 Å². The van der Waals surface area contributed by atoms with Crippen molar-refractivity contribution in [3.8, 4) is 0 Å². The van der Waals surface area contributed by atoms with Crippen molar-refractivity contribution in [2.45, 2.75) is 19.4 Å². The molecule has 0 atom stereocenters. The number of sulfonamides is 1. The number of aryl methyl sites for hydroxylation is 1. The molecule has 0 aliphatic carbocycles. The number of hydrogen-bond acceptors (Lipinski definition) is 4. The Morgan fingerprint density at radius 3 is 2.57 bits per heavy atom. The molecule has 116 valence electrons. The minimum absolute atomic E-state index is 0.171. The first-order chi connectivity index (χ1) is 9.60. The van der Waals surface area contributed by atoms with Crippen LogP contribution in [-0.4, -0.2) is 19.6 Å². The highest BCUT2D eigenvalue weighted by atomic mass is 32.2. The zero-order valence-electron chi connectivity index (χ0n) is 11.2. The first-order valence-electron chi connectivity index (χ1n) is 5.60. The number of halogens is 3. The summed E-state index contributed by atoms with van der Waals surface area (Å²) in [4.78, 5) is 4.59. The van der Waals surface area contributed by atoms with E-state index in [2.05, 4.69) is 16.6 Å². The maximum absolute atomic E-state index is 12.5. The van der Waals surface area contributed by atoms with E-state index in [1.807, 2.05) is 0 Å². The fraction of sp³-hybridized carbons (Fsp3) is 0.250. The van der Waals surface area contributed by atoms with Crippen LogP contribution in [0, 0.1) is 6.92 Å². The van der Waals surface area contributed by atoms with Gasteiger partial charge in [-0.25, -0.2) is 0 Å². The molecular weight excluding hydrogens is 309 g/mol. The van der Waals surface area contributed by atoms with Crippen molar-refractivity contribution in [3.05, 3.63) is 42.2 Å². The van der Waals surface area contributed by atoms with Crippen LogP contribution in [0.25, 0.3) is 0 Å². The molecule has 0 fully saturated rings. The smallest absolute Gasteiger partial charge is 0.365 e. The van der Waals surface area contributed by atoms with E-state index in [1.165, 1.54) is 30.7 Å². The maximum Gasteiger partial charge on any atom is 0.516 e. The standard InChI is InChI=1S/C12H13F3N2O3S/c1-4-20-16-9(3)10-7-5-6-8(2)11(10)17-21(18,19)12(13,14)15/h4-7,17H,1H2,2-3H3/b16-9+. The second-order valence-electron chi connectivity index (χ2n) is 4.00. The molecule has 1 aromatic rings. The molecule has 0 unspecified atom stereocenters. The Balaban J connectivity index is 3.34. The number of oxime groups is 1. The molecule has 21 heavy (non-hydrogen) atoms. The lowest BCUT2D eigenvalue weighted by atomic mass is 10.1. The molecule has 9 heteroatoms. The lowest BCUT2D eigenvalue weighted by Gasteiger charge is -2.16. The molecule has 0 spiro atoms. The van der Waals surface area contributed by atoms with Crippen molar-refractivity contribution >= 4 is 21.4 Å². The van der Waals surface area contributed by atoms with Gasteiger partial charge in [-0.05, 0) is 19.4 Å². The van der Waals surface area contributed by atoms with Gasteiger partial charge in [-0.15, -0.1) is 0 Å². The number of nitrogens with zero attached hydrogens (tertiary/aromatic N) is 1. The molecule has 0 aromatic heterocycles. The van der Waals surface area contributed by atoms with Crippen molar-refractivity contribution in [3.63, 3.8) is 0 Å². The highest BCUT2D eigenvalue weighted by Gasteiger charge is 2.46. The van der Waals surface area contributed by atoms with Crippen molar-refractivity contribution in [1.82, 2.24) is 0 Å². The summed E-state index contributed by atoms with van der Waals surface area (Å²) in [5.74, 6) is 0. The molecule has 0 bridgehead atoms. The van der Waals surface area contributed by atoms with Gasteiger partial charge in [0.2, 0.25) is 0 Å². The van der Waals surface area contributed by atoms with Gasteiger partial charge in [-0.2, -0.15) is 21.6 Å². The summed E-state index contributed by atoms with van der Waals surface area (Å²) in [7, 11) is -5.52. The molecule has 0 aliphatic rings. The van der Waals surface area contributed by atoms with Gasteiger partial charge in [-0.1, -0.05) is 29.9 Å². The highest BCUT2D eigenvalue weighted by molar-refractivity contribution is 7.93. The molecule has 0 saturated carbocycles. The van der Waals surface area contributed by atoms with Crippen LogP contribution >= 0.6 is 0 Å². The van der Waals surface area contributed by atoms with Crippen molar-refractivity contribution in [2.75, 3.05) is 4.72 Å². The van der Waals surface area contributed by atoms with Crippen LogP contribution in [0.1, 0.15) is 18.1 Å². The first kappa shape index (κ1) is 17.0. The van der Waals surface area contributed by atoms with Crippen LogP contribution in [0.5, 0.6) is 0 Å². The van der Waals surface area contributed by atoms with Crippen molar-refractivity contribution < 1.29 is 26.4 Å². The normalized spacial score (nSPS) is 12.9. The van der Waals surface area contributed by atoms with Crippen LogP contribution in [-0.2, 0) is 14.9 Å². The fourth-order valence-electron chi connectivity index (χ4n) is 1.46. The van der Waals surface area contributed by atoms with Gasteiger partial charge in [-0.3, -0.25) is 4.72 Å². The Labute approximate surface area is 120 Å². The molecule has 1 rings (SSSR count). The lowest BCUT2D eigenvalue weighted by Crippen LogP contribution is -2.30. The summed E-state index contributed by atoms with van der Waals surface area (Å²) in [5, 5.41) is 3.59. The molecule has 1 aromatic carbocycles. The molecule has 5 nitrogen and oxygen atoms in total. The van der Waals surface area contributed by atoms with Crippen LogP contribution in [0.2, 0.25) is 0 Å². The van der Waals surface area contributed by atoms with Crippen LogP contribution in [0.15, 0.2) is 36.2 Å². The van der Waals surface area contributed by atoms with Gasteiger partial charge in [0, 0.05) is 5.56 Å². The van der Waals surface area contributed by atoms with E-state index in [9.17, 15) is 21.6 Å². The van der Waals surface area contributed by atoms with Gasteiger partial charge in [0.1, 0.15) is 6.26 Å². The number of hydrogen-bond donors (Lipinski definition) is 1. The van der Waals surface area contributed by atoms with E-state index >= 15 is 0 Å². The third kappa shape index (κ3) is 3.97. The summed E-state index contributed by atoms with van der Waals surface area (Å²) in [6.07, 6.45) is 1.03. The van der Waals surface area contributed by atoms with E-state index in [0.717, 1.165) is 6.26 Å². The predicted octanol–water partition coefficient (Wildman–Crippen LogP) is 3.14. The number of benzene rings is 1. The van der Waals surface area contributed by atoms with Crippen molar-refractivity contribution in [1.29, 1.82) is 0 Å². The van der Waals surface area contributed by atoms with Crippen LogP contribution in [0.3, 0.4) is 0 Å². The third-order valence-corrected chi connectivity index (χ3v) is 3.55. The molecule has 0 radical (unpaired) electrons. The number of alkyl halides is 3. The van der Waals surface area contributed by atoms with Gasteiger partial charge < -0.3 is 4.84 Å². The Morgan fingerprint density at radius 2 is 2.05 bits per heavy atom. The molecule has 0 aliphatic heterocycles. The van der Waals surface area contributed by atoms with E-state index in [0.29, 0.717) is 5.56 Å². The first-order valence-corrected chi connectivity index (χ1v) is 7.09. The zero-order chi connectivity index (χ0) is 16.3. The molecule has 0 heterocycles. The Kier molecular flexibility index (Phi) is 5.00. The Bertz CT molecular complexity index is 667. The maximum atomic E-state index is 12.5. The highest BCUT2D eigenvalue weighted by Crippen LogP contribution is 2.29. The van der Waals surface area contributed by atoms with Gasteiger partial charge in [0.25, 0.3) is 0 Å². The van der Waals surface area contributed by atoms with E-state index in [4.69, 9.17) is 0 Å². The molecule has 0 saturated heterocycles. The SMILES string of the molecule is C=CO/N=C(\C)c1cccc(C)c1NS(=O)(=O)C(F)(F)F. The van der Waals surface area contributed by atoms with E-state index in [1.54, 1.807) is 6.07 Å². The van der Waals surface area contributed by atoms with Crippen LogP contribution in [0.4, 0.5) is 18.9 Å². The minimum Gasteiger partial charge on any atom is -0.365 e. The minimum atomic E-state index is -5.52. The number of anilines is 1. The van der Waals surface area contributed by atoms with Crippen molar-refractivity contribution in [2.24, 2.45) is 5.16 Å². The largest absolute Gasteiger partial charge is 0.516 e. The molecule has 0 amide bonds. The Morgan fingerprint density at radius 1 is 1.43 bits per heavy atom. The van der Waals surface area contributed by atoms with Crippen LogP contribution < -0.4 is 4.72 Å². The predicted molar refractivity (Wildman–Crippen MR) is 73.3 cm³/mol. The van der Waals surface area contributed by atoms with Gasteiger partial charge in [0.05, 0.1) is 11.4 Å².